The highest BCUT2D eigenvalue weighted by Crippen LogP contribution is 2.31. The van der Waals surface area contributed by atoms with E-state index < -0.39 is 12.0 Å². The second-order valence-corrected chi connectivity index (χ2v) is 7.92. The van der Waals surface area contributed by atoms with E-state index in [1.54, 1.807) is 54.8 Å². The Labute approximate surface area is 184 Å². The number of nitrogens with one attached hydrogen (secondary N) is 1. The molecule has 3 rings (SSSR count). The van der Waals surface area contributed by atoms with Crippen molar-refractivity contribution in [3.05, 3.63) is 64.3 Å². The second kappa shape index (κ2) is 9.22. The summed E-state index contributed by atoms with van der Waals surface area (Å²) in [6.07, 6.45) is 0.292. The number of rotatable bonds is 7. The molecule has 1 atom stereocenters. The van der Waals surface area contributed by atoms with Crippen molar-refractivity contribution in [2.45, 2.75) is 39.2 Å². The quantitative estimate of drug-likeness (QED) is 0.514. The number of aromatic nitrogens is 1. The van der Waals surface area contributed by atoms with E-state index in [0.717, 1.165) is 5.56 Å². The average molecular weight is 443 g/mol. The Bertz CT molecular complexity index is 1150. The smallest absolute Gasteiger partial charge is 0.305 e. The number of phenols is 1. The summed E-state index contributed by atoms with van der Waals surface area (Å²) >= 11 is 5.93. The SMILES string of the molecule is Cc1c(CCC(=O)N[C@@H](C)CC(=O)O)c2cc(O)ccc2n1C(=O)c1ccc(Cl)cc1. The van der Waals surface area contributed by atoms with Gasteiger partial charge in [0.05, 0.1) is 11.9 Å². The van der Waals surface area contributed by atoms with Gasteiger partial charge in [-0.3, -0.25) is 19.0 Å². The molecule has 7 nitrogen and oxygen atoms in total. The van der Waals surface area contributed by atoms with Crippen LogP contribution in [0.3, 0.4) is 0 Å². The van der Waals surface area contributed by atoms with Crippen LogP contribution in [0.2, 0.25) is 5.02 Å². The van der Waals surface area contributed by atoms with E-state index >= 15 is 0 Å². The van der Waals surface area contributed by atoms with Gasteiger partial charge in [0.15, 0.2) is 0 Å². The topological polar surface area (TPSA) is 109 Å². The Morgan fingerprint density at radius 1 is 1.13 bits per heavy atom. The van der Waals surface area contributed by atoms with Crippen LogP contribution in [-0.4, -0.2) is 38.6 Å². The first-order valence-corrected chi connectivity index (χ1v) is 10.2. The molecule has 31 heavy (non-hydrogen) atoms. The summed E-state index contributed by atoms with van der Waals surface area (Å²) < 4.78 is 1.57. The summed E-state index contributed by atoms with van der Waals surface area (Å²) in [6, 6.07) is 10.9. The van der Waals surface area contributed by atoms with Crippen LogP contribution >= 0.6 is 11.6 Å². The molecule has 3 N–H and O–H groups in total. The Balaban J connectivity index is 1.91. The van der Waals surface area contributed by atoms with Gasteiger partial charge in [0.25, 0.3) is 5.91 Å². The van der Waals surface area contributed by atoms with Crippen LogP contribution in [0.4, 0.5) is 0 Å². The van der Waals surface area contributed by atoms with Crippen molar-refractivity contribution in [1.29, 1.82) is 0 Å². The fraction of sp³-hybridized carbons (Fsp3) is 0.261. The number of fused-ring (bicyclic) bond motifs is 1. The normalized spacial score (nSPS) is 12.0. The Kier molecular flexibility index (Phi) is 6.65. The zero-order valence-corrected chi connectivity index (χ0v) is 17.9. The first-order chi connectivity index (χ1) is 14.7. The Morgan fingerprint density at radius 3 is 2.45 bits per heavy atom. The molecule has 8 heteroatoms. The summed E-state index contributed by atoms with van der Waals surface area (Å²) in [6.45, 7) is 3.43. The summed E-state index contributed by atoms with van der Waals surface area (Å²) in [4.78, 5) is 36.3. The molecule has 1 heterocycles. The maximum atomic E-state index is 13.2. The number of hydrogen-bond acceptors (Lipinski definition) is 4. The standard InChI is InChI=1S/C23H23ClN2O5/c1-13(11-22(29)30)25-21(28)10-8-18-14(2)26(20-9-7-17(27)12-19(18)20)23(31)15-3-5-16(24)6-4-15/h3-7,9,12-13,27H,8,10-11H2,1-2H3,(H,25,28)(H,29,30)/t13-/m0/s1. The van der Waals surface area contributed by atoms with Crippen LogP contribution in [0.25, 0.3) is 10.9 Å². The van der Waals surface area contributed by atoms with Crippen molar-refractivity contribution in [1.82, 2.24) is 9.88 Å². The molecule has 1 aromatic heterocycles. The van der Waals surface area contributed by atoms with E-state index in [-0.39, 0.29) is 30.4 Å². The highest BCUT2D eigenvalue weighted by atomic mass is 35.5. The Morgan fingerprint density at radius 2 is 1.81 bits per heavy atom. The number of halogens is 1. The van der Waals surface area contributed by atoms with Crippen molar-refractivity contribution in [3.8, 4) is 5.75 Å². The van der Waals surface area contributed by atoms with Gasteiger partial charge in [0.2, 0.25) is 5.91 Å². The van der Waals surface area contributed by atoms with Crippen LogP contribution in [0.1, 0.15) is 41.4 Å². The summed E-state index contributed by atoms with van der Waals surface area (Å²) in [5.74, 6) is -1.44. The molecule has 1 amide bonds. The third-order valence-corrected chi connectivity index (χ3v) is 5.35. The molecule has 2 aromatic carbocycles. The second-order valence-electron chi connectivity index (χ2n) is 7.48. The van der Waals surface area contributed by atoms with E-state index in [1.807, 2.05) is 0 Å². The highest BCUT2D eigenvalue weighted by Gasteiger charge is 2.21. The summed E-state index contributed by atoms with van der Waals surface area (Å²) in [5, 5.41) is 22.7. The fourth-order valence-corrected chi connectivity index (χ4v) is 3.79. The number of nitrogens with zero attached hydrogens (tertiary/aromatic N) is 1. The van der Waals surface area contributed by atoms with Gasteiger partial charge in [-0.2, -0.15) is 0 Å². The molecule has 0 bridgehead atoms. The van der Waals surface area contributed by atoms with Crippen LogP contribution in [-0.2, 0) is 16.0 Å². The van der Waals surface area contributed by atoms with E-state index in [2.05, 4.69) is 5.32 Å². The molecule has 0 aliphatic carbocycles. The number of phenolic OH excluding ortho intramolecular Hbond substituents is 1. The molecule has 0 unspecified atom stereocenters. The monoisotopic (exact) mass is 442 g/mol. The molecular formula is C23H23ClN2O5. The number of hydrogen-bond donors (Lipinski definition) is 3. The minimum Gasteiger partial charge on any atom is -0.508 e. The number of carbonyl (C=O) groups is 3. The van der Waals surface area contributed by atoms with Gasteiger partial charge in [0, 0.05) is 34.1 Å². The molecule has 0 saturated heterocycles. The molecule has 0 spiro atoms. The zero-order chi connectivity index (χ0) is 22.7. The molecule has 0 fully saturated rings. The minimum absolute atomic E-state index is 0.0596. The third-order valence-electron chi connectivity index (χ3n) is 5.10. The van der Waals surface area contributed by atoms with Crippen molar-refractivity contribution in [3.63, 3.8) is 0 Å². The van der Waals surface area contributed by atoms with Gasteiger partial charge in [-0.15, -0.1) is 0 Å². The van der Waals surface area contributed by atoms with E-state index in [9.17, 15) is 19.5 Å². The summed E-state index contributed by atoms with van der Waals surface area (Å²) in [7, 11) is 0. The lowest BCUT2D eigenvalue weighted by molar-refractivity contribution is -0.137. The number of carboxylic acid groups (broad SMARTS) is 1. The number of aromatic hydroxyl groups is 1. The fourth-order valence-electron chi connectivity index (χ4n) is 3.67. The van der Waals surface area contributed by atoms with Crippen LogP contribution in [0.5, 0.6) is 5.75 Å². The van der Waals surface area contributed by atoms with E-state index in [1.165, 1.54) is 6.07 Å². The number of carboxylic acids is 1. The van der Waals surface area contributed by atoms with Crippen LogP contribution < -0.4 is 5.32 Å². The van der Waals surface area contributed by atoms with E-state index in [4.69, 9.17) is 16.7 Å². The minimum atomic E-state index is -0.983. The van der Waals surface area contributed by atoms with E-state index in [0.29, 0.717) is 33.6 Å². The molecule has 162 valence electrons. The maximum absolute atomic E-state index is 13.2. The first-order valence-electron chi connectivity index (χ1n) is 9.81. The Hall–Kier alpha value is -3.32. The van der Waals surface area contributed by atoms with Crippen molar-refractivity contribution < 1.29 is 24.6 Å². The third kappa shape index (κ3) is 5.06. The molecule has 0 aliphatic rings. The number of aryl methyl sites for hydroxylation is 1. The molecule has 3 aromatic rings. The van der Waals surface area contributed by atoms with Crippen molar-refractivity contribution in [2.24, 2.45) is 0 Å². The molecule has 0 aliphatic heterocycles. The maximum Gasteiger partial charge on any atom is 0.305 e. The predicted octanol–water partition coefficient (Wildman–Crippen LogP) is 3.91. The number of benzene rings is 2. The van der Waals surface area contributed by atoms with Crippen molar-refractivity contribution in [2.75, 3.05) is 0 Å². The van der Waals surface area contributed by atoms with Gasteiger partial charge in [-0.05, 0) is 68.3 Å². The average Bonchev–Trinajstić information content (AvgIpc) is 2.96. The first kappa shape index (κ1) is 22.4. The lowest BCUT2D eigenvalue weighted by Crippen LogP contribution is -2.34. The molecular weight excluding hydrogens is 420 g/mol. The van der Waals surface area contributed by atoms with Crippen molar-refractivity contribution >= 4 is 40.3 Å². The van der Waals surface area contributed by atoms with Gasteiger partial charge < -0.3 is 15.5 Å². The number of amides is 1. The van der Waals surface area contributed by atoms with Gasteiger partial charge >= 0.3 is 5.97 Å². The molecule has 0 radical (unpaired) electrons. The van der Waals surface area contributed by atoms with Gasteiger partial charge in [0.1, 0.15) is 5.75 Å². The highest BCUT2D eigenvalue weighted by molar-refractivity contribution is 6.30. The van der Waals surface area contributed by atoms with Crippen LogP contribution in [0, 0.1) is 6.92 Å². The number of aliphatic carboxylic acids is 1. The largest absolute Gasteiger partial charge is 0.508 e. The zero-order valence-electron chi connectivity index (χ0n) is 17.2. The number of carbonyl (C=O) groups excluding carboxylic acids is 2. The molecule has 0 saturated carbocycles. The summed E-state index contributed by atoms with van der Waals surface area (Å²) in [5.41, 5.74) is 2.54. The van der Waals surface area contributed by atoms with Gasteiger partial charge in [-0.1, -0.05) is 11.6 Å². The predicted molar refractivity (Wildman–Crippen MR) is 118 cm³/mol. The lowest BCUT2D eigenvalue weighted by Gasteiger charge is -2.11. The van der Waals surface area contributed by atoms with Gasteiger partial charge in [-0.25, -0.2) is 0 Å². The van der Waals surface area contributed by atoms with Crippen LogP contribution in [0.15, 0.2) is 42.5 Å². The lowest BCUT2D eigenvalue weighted by atomic mass is 10.0.